The van der Waals surface area contributed by atoms with Gasteiger partial charge in [0.25, 0.3) is 10.0 Å². The normalized spacial score (nSPS) is 20.8. The van der Waals surface area contributed by atoms with Crippen molar-refractivity contribution in [1.29, 1.82) is 0 Å². The fourth-order valence-electron chi connectivity index (χ4n) is 2.43. The van der Waals surface area contributed by atoms with E-state index in [0.717, 1.165) is 12.8 Å². The zero-order chi connectivity index (χ0) is 14.0. The molecule has 1 saturated heterocycles. The number of Topliss-reactive ketones (excluding diaryl/α,β-unsaturated/α-hetero) is 1. The van der Waals surface area contributed by atoms with E-state index in [1.54, 1.807) is 10.8 Å². The molecule has 0 aliphatic carbocycles. The van der Waals surface area contributed by atoms with Crippen molar-refractivity contribution in [3.8, 4) is 0 Å². The fourth-order valence-corrected chi connectivity index (χ4v) is 4.06. The molecule has 7 heteroatoms. The van der Waals surface area contributed by atoms with Crippen LogP contribution in [0.5, 0.6) is 0 Å². The summed E-state index contributed by atoms with van der Waals surface area (Å²) in [5, 5.41) is 0.0739. The second kappa shape index (κ2) is 5.42. The molecule has 2 rings (SSSR count). The Bertz CT molecular complexity index is 565. The fraction of sp³-hybridized carbons (Fsp3) is 0.667. The molecule has 0 aromatic carbocycles. The van der Waals surface area contributed by atoms with Crippen LogP contribution in [0.15, 0.2) is 17.6 Å². The van der Waals surface area contributed by atoms with Gasteiger partial charge in [0.15, 0.2) is 5.03 Å². The van der Waals surface area contributed by atoms with Crippen LogP contribution in [0.1, 0.15) is 33.1 Å². The number of sulfonamides is 1. The van der Waals surface area contributed by atoms with Crippen molar-refractivity contribution in [3.05, 3.63) is 12.5 Å². The number of hydrogen-bond donors (Lipinski definition) is 0. The maximum absolute atomic E-state index is 12.5. The van der Waals surface area contributed by atoms with Gasteiger partial charge in [-0.1, -0.05) is 0 Å². The van der Waals surface area contributed by atoms with E-state index < -0.39 is 10.0 Å². The van der Waals surface area contributed by atoms with Crippen LogP contribution in [0.2, 0.25) is 0 Å². The molecule has 1 aromatic rings. The quantitative estimate of drug-likeness (QED) is 0.810. The van der Waals surface area contributed by atoms with Gasteiger partial charge in [0.05, 0.1) is 6.33 Å². The smallest absolute Gasteiger partial charge is 0.262 e. The third kappa shape index (κ3) is 2.87. The minimum absolute atomic E-state index is 0.0196. The molecule has 1 atom stereocenters. The summed E-state index contributed by atoms with van der Waals surface area (Å²) in [4.78, 5) is 15.2. The zero-order valence-corrected chi connectivity index (χ0v) is 12.1. The maximum atomic E-state index is 12.5. The van der Waals surface area contributed by atoms with Gasteiger partial charge in [-0.2, -0.15) is 4.31 Å². The first-order chi connectivity index (χ1) is 8.95. The topological polar surface area (TPSA) is 72.3 Å². The van der Waals surface area contributed by atoms with E-state index in [1.165, 1.54) is 17.6 Å². The van der Waals surface area contributed by atoms with Gasteiger partial charge in [-0.3, -0.25) is 4.79 Å². The van der Waals surface area contributed by atoms with Crippen molar-refractivity contribution in [2.75, 3.05) is 6.54 Å². The van der Waals surface area contributed by atoms with Crippen LogP contribution >= 0.6 is 0 Å². The highest BCUT2D eigenvalue weighted by Crippen LogP contribution is 2.27. The molecular weight excluding hydrogens is 266 g/mol. The Kier molecular flexibility index (Phi) is 4.05. The molecule has 1 unspecified atom stereocenters. The first-order valence-corrected chi connectivity index (χ1v) is 7.92. The second-order valence-electron chi connectivity index (χ2n) is 4.86. The Morgan fingerprint density at radius 1 is 1.53 bits per heavy atom. The standard InChI is InChI=1S/C12H19N3O3S/c1-3-14-8-12(13-9-14)19(17,18)15-6-4-5-11(15)7-10(2)16/h8-9,11H,3-7H2,1-2H3. The van der Waals surface area contributed by atoms with Crippen molar-refractivity contribution >= 4 is 15.8 Å². The van der Waals surface area contributed by atoms with Gasteiger partial charge >= 0.3 is 0 Å². The van der Waals surface area contributed by atoms with Gasteiger partial charge in [-0.25, -0.2) is 13.4 Å². The lowest BCUT2D eigenvalue weighted by Gasteiger charge is -2.21. The molecule has 1 aromatic heterocycles. The van der Waals surface area contributed by atoms with E-state index in [0.29, 0.717) is 13.1 Å². The van der Waals surface area contributed by atoms with E-state index in [-0.39, 0.29) is 23.3 Å². The van der Waals surface area contributed by atoms with Crippen molar-refractivity contribution in [2.45, 2.75) is 50.7 Å². The van der Waals surface area contributed by atoms with E-state index in [1.807, 2.05) is 6.92 Å². The number of aryl methyl sites for hydroxylation is 1. The Balaban J connectivity index is 2.25. The number of carbonyl (C=O) groups is 1. The highest BCUT2D eigenvalue weighted by Gasteiger charge is 2.36. The Morgan fingerprint density at radius 3 is 2.84 bits per heavy atom. The summed E-state index contributed by atoms with van der Waals surface area (Å²) in [5.41, 5.74) is 0. The van der Waals surface area contributed by atoms with E-state index in [9.17, 15) is 13.2 Å². The summed E-state index contributed by atoms with van der Waals surface area (Å²) in [6.45, 7) is 4.57. The predicted molar refractivity (Wildman–Crippen MR) is 70.1 cm³/mol. The molecule has 1 aliphatic rings. The largest absolute Gasteiger partial charge is 0.336 e. The third-order valence-corrected chi connectivity index (χ3v) is 5.23. The highest BCUT2D eigenvalue weighted by molar-refractivity contribution is 7.89. The molecule has 6 nitrogen and oxygen atoms in total. The van der Waals surface area contributed by atoms with Crippen LogP contribution in [-0.4, -0.2) is 40.6 Å². The van der Waals surface area contributed by atoms with Crippen LogP contribution in [0.3, 0.4) is 0 Å². The second-order valence-corrected chi connectivity index (χ2v) is 6.70. The molecule has 19 heavy (non-hydrogen) atoms. The zero-order valence-electron chi connectivity index (χ0n) is 11.2. The summed E-state index contributed by atoms with van der Waals surface area (Å²) in [5.74, 6) is 0.0196. The maximum Gasteiger partial charge on any atom is 0.262 e. The van der Waals surface area contributed by atoms with Crippen molar-refractivity contribution in [3.63, 3.8) is 0 Å². The molecule has 0 saturated carbocycles. The average molecular weight is 285 g/mol. The summed E-state index contributed by atoms with van der Waals surface area (Å²) in [7, 11) is -3.57. The molecule has 106 valence electrons. The summed E-state index contributed by atoms with van der Waals surface area (Å²) in [6, 6.07) is -0.214. The van der Waals surface area contributed by atoms with Crippen LogP contribution in [0, 0.1) is 0 Å². The highest BCUT2D eigenvalue weighted by atomic mass is 32.2. The minimum atomic E-state index is -3.57. The predicted octanol–water partition coefficient (Wildman–Crippen LogP) is 1.04. The molecule has 1 aliphatic heterocycles. The van der Waals surface area contributed by atoms with Crippen LogP contribution in [0.4, 0.5) is 0 Å². The lowest BCUT2D eigenvalue weighted by atomic mass is 10.1. The molecule has 0 spiro atoms. The number of imidazole rings is 1. The summed E-state index contributed by atoms with van der Waals surface area (Å²) in [6.07, 6.45) is 4.88. The molecule has 0 radical (unpaired) electrons. The molecule has 1 fully saturated rings. The van der Waals surface area contributed by atoms with Gasteiger partial charge in [-0.05, 0) is 26.7 Å². The number of hydrogen-bond acceptors (Lipinski definition) is 4. The number of ketones is 1. The Morgan fingerprint density at radius 2 is 2.26 bits per heavy atom. The summed E-state index contributed by atoms with van der Waals surface area (Å²) >= 11 is 0. The monoisotopic (exact) mass is 285 g/mol. The van der Waals surface area contributed by atoms with E-state index in [2.05, 4.69) is 4.98 Å². The number of nitrogens with zero attached hydrogens (tertiary/aromatic N) is 3. The van der Waals surface area contributed by atoms with Gasteiger partial charge in [0.1, 0.15) is 5.78 Å². The first-order valence-electron chi connectivity index (χ1n) is 6.48. The van der Waals surface area contributed by atoms with Crippen molar-refractivity contribution in [1.82, 2.24) is 13.9 Å². The minimum Gasteiger partial charge on any atom is -0.336 e. The number of aromatic nitrogens is 2. The number of rotatable bonds is 5. The van der Waals surface area contributed by atoms with E-state index >= 15 is 0 Å². The Labute approximate surface area is 113 Å². The van der Waals surface area contributed by atoms with E-state index in [4.69, 9.17) is 0 Å². The average Bonchev–Trinajstić information content (AvgIpc) is 2.95. The van der Waals surface area contributed by atoms with Crippen molar-refractivity contribution in [2.24, 2.45) is 0 Å². The van der Waals surface area contributed by atoms with Crippen molar-refractivity contribution < 1.29 is 13.2 Å². The molecule has 0 N–H and O–H groups in total. The molecular formula is C12H19N3O3S. The van der Waals surface area contributed by atoms with Gasteiger partial charge < -0.3 is 4.57 Å². The van der Waals surface area contributed by atoms with Crippen LogP contribution < -0.4 is 0 Å². The lowest BCUT2D eigenvalue weighted by Crippen LogP contribution is -2.36. The van der Waals surface area contributed by atoms with Crippen LogP contribution in [0.25, 0.3) is 0 Å². The SMILES string of the molecule is CCn1cnc(S(=O)(=O)N2CCCC2CC(C)=O)c1. The molecule has 0 bridgehead atoms. The van der Waals surface area contributed by atoms with Gasteiger partial charge in [0, 0.05) is 31.7 Å². The lowest BCUT2D eigenvalue weighted by molar-refractivity contribution is -0.117. The first kappa shape index (κ1) is 14.2. The van der Waals surface area contributed by atoms with Gasteiger partial charge in [-0.15, -0.1) is 0 Å². The van der Waals surface area contributed by atoms with Gasteiger partial charge in [0.2, 0.25) is 0 Å². The van der Waals surface area contributed by atoms with Crippen LogP contribution in [-0.2, 0) is 21.4 Å². The number of carbonyl (C=O) groups excluding carboxylic acids is 1. The summed E-state index contributed by atoms with van der Waals surface area (Å²) < 4.78 is 28.1. The Hall–Kier alpha value is -1.21. The third-order valence-electron chi connectivity index (χ3n) is 3.39. The molecule has 2 heterocycles. The molecule has 0 amide bonds.